The largest absolute Gasteiger partial charge is 0.293 e. The van der Waals surface area contributed by atoms with Gasteiger partial charge in [0.2, 0.25) is 0 Å². The molecule has 1 heteroatoms. The van der Waals surface area contributed by atoms with Crippen LogP contribution in [-0.4, -0.2) is 12.8 Å². The second-order valence-corrected chi connectivity index (χ2v) is 1.56. The first kappa shape index (κ1) is 11.2. The first-order valence-electron chi connectivity index (χ1n) is 3.36. The first-order chi connectivity index (χ1) is 4.27. The van der Waals surface area contributed by atoms with Crippen LogP contribution >= 0.6 is 0 Å². The zero-order valence-corrected chi connectivity index (χ0v) is 6.94. The van der Waals surface area contributed by atoms with E-state index in [1.807, 2.05) is 27.7 Å². The van der Waals surface area contributed by atoms with Crippen LogP contribution in [0.2, 0.25) is 0 Å². The summed E-state index contributed by atoms with van der Waals surface area (Å²) in [5, 5.41) is 0. The number of nitrogens with zero attached hydrogens (tertiary/aromatic N) is 1. The average Bonchev–Trinajstić information content (AvgIpc) is 1.88. The molecule has 0 atom stereocenters. The summed E-state index contributed by atoms with van der Waals surface area (Å²) in [7, 11) is 0. The molecule has 54 valence electrons. The predicted molar refractivity (Wildman–Crippen MR) is 45.2 cm³/mol. The van der Waals surface area contributed by atoms with Crippen molar-refractivity contribution in [3.8, 4) is 0 Å². The molecule has 0 saturated heterocycles. The highest BCUT2D eigenvalue weighted by Crippen LogP contribution is 1.83. The van der Waals surface area contributed by atoms with E-state index in [0.717, 1.165) is 12.1 Å². The molecule has 0 rings (SSSR count). The average molecular weight is 127 g/mol. The zero-order chi connectivity index (χ0) is 7.70. The Morgan fingerprint density at radius 1 is 1.56 bits per heavy atom. The lowest BCUT2D eigenvalue weighted by atomic mass is 10.4. The Hall–Kier alpha value is -0.590. The lowest BCUT2D eigenvalue weighted by Crippen LogP contribution is -1.77. The van der Waals surface area contributed by atoms with Gasteiger partial charge in [-0.2, -0.15) is 0 Å². The van der Waals surface area contributed by atoms with Gasteiger partial charge in [0.1, 0.15) is 0 Å². The maximum atomic E-state index is 3.95. The third-order valence-electron chi connectivity index (χ3n) is 0.544. The van der Waals surface area contributed by atoms with E-state index in [9.17, 15) is 0 Å². The standard InChI is InChI=1S/C6H11N.C2H6/c1-4-7-5-6(2)3;1-2/h4H,2,5H2,1,3H3;1-2H3. The molecule has 0 saturated carbocycles. The fraction of sp³-hybridized carbons (Fsp3) is 0.625. The minimum Gasteiger partial charge on any atom is -0.293 e. The van der Waals surface area contributed by atoms with Crippen LogP contribution in [0.3, 0.4) is 0 Å². The van der Waals surface area contributed by atoms with Crippen molar-refractivity contribution in [3.63, 3.8) is 0 Å². The summed E-state index contributed by atoms with van der Waals surface area (Å²) >= 11 is 0. The number of aliphatic imine (C=N–C) groups is 1. The Bertz CT molecular complexity index is 82.6. The molecule has 0 aliphatic heterocycles. The van der Waals surface area contributed by atoms with Crippen LogP contribution in [0, 0.1) is 0 Å². The maximum absolute atomic E-state index is 3.95. The van der Waals surface area contributed by atoms with Crippen LogP contribution < -0.4 is 0 Å². The number of rotatable bonds is 2. The van der Waals surface area contributed by atoms with Gasteiger partial charge in [0.05, 0.1) is 6.54 Å². The van der Waals surface area contributed by atoms with Crippen molar-refractivity contribution in [2.24, 2.45) is 4.99 Å². The van der Waals surface area contributed by atoms with E-state index in [1.165, 1.54) is 0 Å². The molecule has 0 aromatic carbocycles. The van der Waals surface area contributed by atoms with Gasteiger partial charge in [-0.25, -0.2) is 0 Å². The van der Waals surface area contributed by atoms with Crippen molar-refractivity contribution < 1.29 is 0 Å². The maximum Gasteiger partial charge on any atom is 0.0590 e. The molecule has 0 radical (unpaired) electrons. The van der Waals surface area contributed by atoms with Gasteiger partial charge < -0.3 is 0 Å². The predicted octanol–water partition coefficient (Wildman–Crippen LogP) is 2.68. The summed E-state index contributed by atoms with van der Waals surface area (Å²) in [5.74, 6) is 0. The van der Waals surface area contributed by atoms with Crippen molar-refractivity contribution in [1.82, 2.24) is 0 Å². The highest BCUT2D eigenvalue weighted by atomic mass is 14.7. The van der Waals surface area contributed by atoms with Gasteiger partial charge in [0, 0.05) is 0 Å². The molecule has 1 nitrogen and oxygen atoms in total. The molecule has 0 aromatic rings. The Balaban J connectivity index is 0. The fourth-order valence-corrected chi connectivity index (χ4v) is 0.247. The number of hydrogen-bond donors (Lipinski definition) is 0. The SMILES string of the molecule is C=C(C)CN=CC.CC. The summed E-state index contributed by atoms with van der Waals surface area (Å²) < 4.78 is 0. The Morgan fingerprint density at radius 2 is 2.00 bits per heavy atom. The monoisotopic (exact) mass is 127 g/mol. The molecule has 0 aliphatic rings. The van der Waals surface area contributed by atoms with Gasteiger partial charge in [-0.1, -0.05) is 26.0 Å². The summed E-state index contributed by atoms with van der Waals surface area (Å²) in [6.07, 6.45) is 1.79. The van der Waals surface area contributed by atoms with E-state index in [2.05, 4.69) is 11.6 Å². The van der Waals surface area contributed by atoms with Gasteiger partial charge >= 0.3 is 0 Å². The normalized spacial score (nSPS) is 8.44. The van der Waals surface area contributed by atoms with Crippen molar-refractivity contribution in [3.05, 3.63) is 12.2 Å². The molecule has 0 aliphatic carbocycles. The Kier molecular flexibility index (Phi) is 13.0. The third-order valence-corrected chi connectivity index (χ3v) is 0.544. The van der Waals surface area contributed by atoms with Crippen LogP contribution in [0.15, 0.2) is 17.1 Å². The molecule has 0 bridgehead atoms. The van der Waals surface area contributed by atoms with E-state index in [-0.39, 0.29) is 0 Å². The van der Waals surface area contributed by atoms with Gasteiger partial charge in [-0.05, 0) is 20.1 Å². The Labute approximate surface area is 58.5 Å². The molecule has 0 N–H and O–H groups in total. The summed E-state index contributed by atoms with van der Waals surface area (Å²) in [6.45, 7) is 12.3. The molecular formula is C8H17N. The number of hydrogen-bond acceptors (Lipinski definition) is 1. The lowest BCUT2D eigenvalue weighted by molar-refractivity contribution is 1.15. The van der Waals surface area contributed by atoms with Crippen molar-refractivity contribution >= 4 is 6.21 Å². The third kappa shape index (κ3) is 18.7. The molecule has 0 heterocycles. The lowest BCUT2D eigenvalue weighted by Gasteiger charge is -1.85. The summed E-state index contributed by atoms with van der Waals surface area (Å²) in [4.78, 5) is 3.95. The van der Waals surface area contributed by atoms with Gasteiger partial charge in [-0.15, -0.1) is 0 Å². The molecular weight excluding hydrogens is 110 g/mol. The molecule has 9 heavy (non-hydrogen) atoms. The highest BCUT2D eigenvalue weighted by molar-refractivity contribution is 5.53. The summed E-state index contributed by atoms with van der Waals surface area (Å²) in [5.41, 5.74) is 1.11. The van der Waals surface area contributed by atoms with Crippen LogP contribution in [0.5, 0.6) is 0 Å². The van der Waals surface area contributed by atoms with Crippen LogP contribution in [-0.2, 0) is 0 Å². The smallest absolute Gasteiger partial charge is 0.0590 e. The van der Waals surface area contributed by atoms with Crippen molar-refractivity contribution in [1.29, 1.82) is 0 Å². The van der Waals surface area contributed by atoms with E-state index in [4.69, 9.17) is 0 Å². The minimum absolute atomic E-state index is 0.774. The second kappa shape index (κ2) is 10.4. The quantitative estimate of drug-likeness (QED) is 0.399. The van der Waals surface area contributed by atoms with E-state index < -0.39 is 0 Å². The Morgan fingerprint density at radius 3 is 2.11 bits per heavy atom. The molecule has 0 unspecified atom stereocenters. The van der Waals surface area contributed by atoms with Crippen molar-refractivity contribution in [2.75, 3.05) is 6.54 Å². The van der Waals surface area contributed by atoms with Gasteiger partial charge in [0.25, 0.3) is 0 Å². The van der Waals surface area contributed by atoms with Crippen LogP contribution in [0.1, 0.15) is 27.7 Å². The van der Waals surface area contributed by atoms with Gasteiger partial charge in [-0.3, -0.25) is 4.99 Å². The molecule has 0 aromatic heterocycles. The molecule has 0 amide bonds. The van der Waals surface area contributed by atoms with E-state index in [0.29, 0.717) is 0 Å². The minimum atomic E-state index is 0.774. The molecule has 0 spiro atoms. The van der Waals surface area contributed by atoms with E-state index in [1.54, 1.807) is 6.21 Å². The highest BCUT2D eigenvalue weighted by Gasteiger charge is 1.74. The zero-order valence-electron chi connectivity index (χ0n) is 6.94. The topological polar surface area (TPSA) is 12.4 Å². The molecule has 0 fully saturated rings. The van der Waals surface area contributed by atoms with Crippen LogP contribution in [0.4, 0.5) is 0 Å². The first-order valence-corrected chi connectivity index (χ1v) is 3.36. The fourth-order valence-electron chi connectivity index (χ4n) is 0.247. The van der Waals surface area contributed by atoms with Gasteiger partial charge in [0.15, 0.2) is 0 Å². The van der Waals surface area contributed by atoms with E-state index >= 15 is 0 Å². The van der Waals surface area contributed by atoms with Crippen LogP contribution in [0.25, 0.3) is 0 Å². The summed E-state index contributed by atoms with van der Waals surface area (Å²) in [6, 6.07) is 0. The van der Waals surface area contributed by atoms with Crippen molar-refractivity contribution in [2.45, 2.75) is 27.7 Å². The second-order valence-electron chi connectivity index (χ2n) is 1.56.